The Kier molecular flexibility index (Phi) is 10.3. The molecule has 0 saturated heterocycles. The van der Waals surface area contributed by atoms with E-state index in [1.54, 1.807) is 0 Å². The molecule has 0 N–H and O–H groups in total. The Bertz CT molecular complexity index is 259. The lowest BCUT2D eigenvalue weighted by Crippen LogP contribution is -2.25. The highest BCUT2D eigenvalue weighted by Gasteiger charge is 1.99. The second-order valence-electron chi connectivity index (χ2n) is 3.81. The maximum Gasteiger partial charge on any atom is 0.330 e. The van der Waals surface area contributed by atoms with Crippen molar-refractivity contribution in [1.82, 2.24) is 4.90 Å². The quantitative estimate of drug-likeness (QED) is 0.253. The molecule has 0 atom stereocenters. The van der Waals surface area contributed by atoms with E-state index in [0.717, 1.165) is 32.4 Å². The number of carbonyl (C=O) groups excluding carboxylic acids is 1. The number of unbranched alkanes of at least 4 members (excludes halogenated alkanes) is 1. The van der Waals surface area contributed by atoms with Crippen LogP contribution in [-0.4, -0.2) is 37.6 Å². The lowest BCUT2D eigenvalue weighted by Gasteiger charge is -2.15. The number of esters is 1. The third-order valence-electron chi connectivity index (χ3n) is 2.26. The molecular formula is C14H23NO2. The van der Waals surface area contributed by atoms with Gasteiger partial charge in [0, 0.05) is 12.6 Å². The van der Waals surface area contributed by atoms with Crippen molar-refractivity contribution in [1.29, 1.82) is 0 Å². The van der Waals surface area contributed by atoms with E-state index in [2.05, 4.69) is 30.2 Å². The van der Waals surface area contributed by atoms with Crippen LogP contribution in [0.2, 0.25) is 0 Å². The average Bonchev–Trinajstić information content (AvgIpc) is 2.33. The molecule has 0 aromatic heterocycles. The van der Waals surface area contributed by atoms with E-state index < -0.39 is 0 Å². The maximum absolute atomic E-state index is 10.8. The van der Waals surface area contributed by atoms with Gasteiger partial charge in [-0.2, -0.15) is 0 Å². The number of nitrogens with zero attached hydrogens (tertiary/aromatic N) is 1. The standard InChI is InChI=1S/C14H23NO2/c1-4-6-7-8-9-10-11-15(3)12-13-17-14(16)5-2/h4-5,7-8H,1-2,6,9-13H2,3H3. The molecule has 96 valence electrons. The molecule has 3 heteroatoms. The van der Waals surface area contributed by atoms with E-state index in [1.165, 1.54) is 6.08 Å². The summed E-state index contributed by atoms with van der Waals surface area (Å²) in [6.07, 6.45) is 10.5. The van der Waals surface area contributed by atoms with Crippen molar-refractivity contribution in [3.63, 3.8) is 0 Å². The molecule has 0 amide bonds. The van der Waals surface area contributed by atoms with Crippen molar-refractivity contribution in [2.75, 3.05) is 26.7 Å². The second kappa shape index (κ2) is 11.1. The third kappa shape index (κ3) is 10.9. The van der Waals surface area contributed by atoms with Crippen LogP contribution in [0.3, 0.4) is 0 Å². The molecule has 0 rings (SSSR count). The van der Waals surface area contributed by atoms with Gasteiger partial charge in [-0.15, -0.1) is 6.58 Å². The van der Waals surface area contributed by atoms with Crippen LogP contribution in [0.25, 0.3) is 0 Å². The first-order chi connectivity index (χ1) is 8.20. The Hall–Kier alpha value is -1.35. The summed E-state index contributed by atoms with van der Waals surface area (Å²) in [5, 5.41) is 0. The van der Waals surface area contributed by atoms with Crippen LogP contribution < -0.4 is 0 Å². The number of carbonyl (C=O) groups is 1. The molecule has 0 spiro atoms. The van der Waals surface area contributed by atoms with E-state index in [1.807, 2.05) is 13.1 Å². The van der Waals surface area contributed by atoms with E-state index >= 15 is 0 Å². The fraction of sp³-hybridized carbons (Fsp3) is 0.500. The lowest BCUT2D eigenvalue weighted by molar-refractivity contribution is -0.138. The number of hydrogen-bond donors (Lipinski definition) is 0. The van der Waals surface area contributed by atoms with Gasteiger partial charge in [-0.25, -0.2) is 4.79 Å². The highest BCUT2D eigenvalue weighted by molar-refractivity contribution is 5.81. The molecule has 0 unspecified atom stereocenters. The summed E-state index contributed by atoms with van der Waals surface area (Å²) in [6, 6.07) is 0. The van der Waals surface area contributed by atoms with Crippen molar-refractivity contribution in [2.45, 2.75) is 19.3 Å². The Balaban J connectivity index is 3.40. The maximum atomic E-state index is 10.8. The third-order valence-corrected chi connectivity index (χ3v) is 2.26. The Morgan fingerprint density at radius 3 is 2.71 bits per heavy atom. The van der Waals surface area contributed by atoms with Crippen LogP contribution in [0.5, 0.6) is 0 Å². The summed E-state index contributed by atoms with van der Waals surface area (Å²) in [7, 11) is 2.02. The molecule has 0 fully saturated rings. The zero-order chi connectivity index (χ0) is 12.9. The summed E-state index contributed by atoms with van der Waals surface area (Å²) in [6.45, 7) is 9.18. The predicted octanol–water partition coefficient (Wildman–Crippen LogP) is 2.56. The summed E-state index contributed by atoms with van der Waals surface area (Å²) in [5.41, 5.74) is 0. The Labute approximate surface area is 104 Å². The minimum Gasteiger partial charge on any atom is -0.461 e. The monoisotopic (exact) mass is 237 g/mol. The summed E-state index contributed by atoms with van der Waals surface area (Å²) in [5.74, 6) is -0.356. The van der Waals surface area contributed by atoms with Gasteiger partial charge >= 0.3 is 5.97 Å². The highest BCUT2D eigenvalue weighted by atomic mass is 16.5. The van der Waals surface area contributed by atoms with Gasteiger partial charge in [0.1, 0.15) is 6.61 Å². The van der Waals surface area contributed by atoms with Gasteiger partial charge in [-0.1, -0.05) is 24.8 Å². The SMILES string of the molecule is C=CCC=CCCCN(C)CCOC(=O)C=C. The molecule has 0 radical (unpaired) electrons. The number of rotatable bonds is 10. The van der Waals surface area contributed by atoms with Crippen LogP contribution >= 0.6 is 0 Å². The van der Waals surface area contributed by atoms with Gasteiger partial charge in [0.15, 0.2) is 0 Å². The molecule has 0 aliphatic heterocycles. The van der Waals surface area contributed by atoms with Crippen LogP contribution in [0.1, 0.15) is 19.3 Å². The molecule has 0 aromatic rings. The molecule has 0 heterocycles. The number of ether oxygens (including phenoxy) is 1. The van der Waals surface area contributed by atoms with Crippen LogP contribution in [0, 0.1) is 0 Å². The zero-order valence-corrected chi connectivity index (χ0v) is 10.7. The normalized spacial score (nSPS) is 10.7. The summed E-state index contributed by atoms with van der Waals surface area (Å²) >= 11 is 0. The largest absolute Gasteiger partial charge is 0.461 e. The minimum atomic E-state index is -0.356. The first-order valence-corrected chi connectivity index (χ1v) is 5.94. The average molecular weight is 237 g/mol. The number of likely N-dealkylation sites (N-methyl/N-ethyl adjacent to an activating group) is 1. The summed E-state index contributed by atoms with van der Waals surface area (Å²) < 4.78 is 4.90. The van der Waals surface area contributed by atoms with E-state index in [-0.39, 0.29) is 5.97 Å². The van der Waals surface area contributed by atoms with Gasteiger partial charge in [-0.3, -0.25) is 0 Å². The first-order valence-electron chi connectivity index (χ1n) is 5.94. The summed E-state index contributed by atoms with van der Waals surface area (Å²) in [4.78, 5) is 12.9. The van der Waals surface area contributed by atoms with Gasteiger partial charge in [0.05, 0.1) is 0 Å². The van der Waals surface area contributed by atoms with Crippen LogP contribution in [0.4, 0.5) is 0 Å². The van der Waals surface area contributed by atoms with Gasteiger partial charge in [-0.05, 0) is 32.9 Å². The van der Waals surface area contributed by atoms with Gasteiger partial charge < -0.3 is 9.64 Å². The van der Waals surface area contributed by atoms with E-state index in [4.69, 9.17) is 4.74 Å². The Morgan fingerprint density at radius 1 is 1.29 bits per heavy atom. The van der Waals surface area contributed by atoms with Gasteiger partial charge in [0.25, 0.3) is 0 Å². The minimum absolute atomic E-state index is 0.356. The molecule has 3 nitrogen and oxygen atoms in total. The predicted molar refractivity (Wildman–Crippen MR) is 71.8 cm³/mol. The smallest absolute Gasteiger partial charge is 0.330 e. The fourth-order valence-electron chi connectivity index (χ4n) is 1.26. The molecule has 17 heavy (non-hydrogen) atoms. The second-order valence-corrected chi connectivity index (χ2v) is 3.81. The van der Waals surface area contributed by atoms with E-state index in [9.17, 15) is 4.79 Å². The van der Waals surface area contributed by atoms with Gasteiger partial charge in [0.2, 0.25) is 0 Å². The fourth-order valence-corrected chi connectivity index (χ4v) is 1.26. The number of allylic oxidation sites excluding steroid dienone is 3. The number of hydrogen-bond acceptors (Lipinski definition) is 3. The van der Waals surface area contributed by atoms with Crippen molar-refractivity contribution < 1.29 is 9.53 Å². The molecule has 0 saturated carbocycles. The zero-order valence-electron chi connectivity index (χ0n) is 10.7. The van der Waals surface area contributed by atoms with Crippen LogP contribution in [-0.2, 0) is 9.53 Å². The molecule has 0 aliphatic carbocycles. The van der Waals surface area contributed by atoms with Crippen molar-refractivity contribution in [3.8, 4) is 0 Å². The Morgan fingerprint density at radius 2 is 2.06 bits per heavy atom. The van der Waals surface area contributed by atoms with E-state index in [0.29, 0.717) is 6.61 Å². The van der Waals surface area contributed by atoms with Crippen LogP contribution in [0.15, 0.2) is 37.5 Å². The molecule has 0 aliphatic rings. The highest BCUT2D eigenvalue weighted by Crippen LogP contribution is 1.96. The van der Waals surface area contributed by atoms with Crippen molar-refractivity contribution in [2.24, 2.45) is 0 Å². The lowest BCUT2D eigenvalue weighted by atomic mass is 10.2. The first kappa shape index (κ1) is 15.7. The molecule has 0 bridgehead atoms. The van der Waals surface area contributed by atoms with Crippen molar-refractivity contribution >= 4 is 5.97 Å². The molecular weight excluding hydrogens is 214 g/mol. The topological polar surface area (TPSA) is 29.5 Å². The molecule has 0 aromatic carbocycles. The van der Waals surface area contributed by atoms with Crippen molar-refractivity contribution in [3.05, 3.63) is 37.5 Å².